The monoisotopic (exact) mass is 346 g/mol. The van der Waals surface area contributed by atoms with Crippen LogP contribution in [0.15, 0.2) is 18.2 Å². The Morgan fingerprint density at radius 1 is 1.28 bits per heavy atom. The second-order valence-electron chi connectivity index (χ2n) is 7.59. The van der Waals surface area contributed by atoms with E-state index in [-0.39, 0.29) is 12.7 Å². The van der Waals surface area contributed by atoms with Crippen LogP contribution in [-0.2, 0) is 4.74 Å². The molecule has 0 aromatic heterocycles. The molecule has 136 valence electrons. The highest BCUT2D eigenvalue weighted by atomic mass is 16.7. The quantitative estimate of drug-likeness (QED) is 0.838. The van der Waals surface area contributed by atoms with Crippen molar-refractivity contribution in [3.05, 3.63) is 23.8 Å². The van der Waals surface area contributed by atoms with E-state index >= 15 is 0 Å². The highest BCUT2D eigenvalue weighted by Crippen LogP contribution is 2.43. The summed E-state index contributed by atoms with van der Waals surface area (Å²) in [7, 11) is 3.95. The lowest BCUT2D eigenvalue weighted by Crippen LogP contribution is -2.44. The van der Waals surface area contributed by atoms with Gasteiger partial charge in [0, 0.05) is 38.3 Å². The third kappa shape index (κ3) is 3.09. The lowest BCUT2D eigenvalue weighted by molar-refractivity contribution is 0.0591. The van der Waals surface area contributed by atoms with Gasteiger partial charge in [0.2, 0.25) is 6.79 Å². The first-order valence-corrected chi connectivity index (χ1v) is 8.98. The molecule has 1 spiro atoms. The Labute approximate surface area is 148 Å². The number of methoxy groups -OCH3 is 1. The summed E-state index contributed by atoms with van der Waals surface area (Å²) in [4.78, 5) is 17.2. The third-order valence-electron chi connectivity index (χ3n) is 5.97. The topological polar surface area (TPSA) is 51.2 Å². The van der Waals surface area contributed by atoms with Crippen molar-refractivity contribution >= 4 is 5.91 Å². The molecule has 3 aliphatic heterocycles. The van der Waals surface area contributed by atoms with E-state index in [0.29, 0.717) is 28.5 Å². The van der Waals surface area contributed by atoms with E-state index in [2.05, 4.69) is 11.9 Å². The Hall–Kier alpha value is -1.79. The second-order valence-corrected chi connectivity index (χ2v) is 7.59. The van der Waals surface area contributed by atoms with Crippen LogP contribution in [0.1, 0.15) is 29.6 Å². The summed E-state index contributed by atoms with van der Waals surface area (Å²) in [6.45, 7) is 3.77. The molecular formula is C19H26N2O4. The Balaban J connectivity index is 1.39. The fourth-order valence-corrected chi connectivity index (χ4v) is 4.52. The molecule has 0 aliphatic carbocycles. The van der Waals surface area contributed by atoms with E-state index in [1.807, 2.05) is 17.0 Å². The number of ether oxygens (including phenoxy) is 3. The number of carbonyl (C=O) groups is 1. The molecule has 1 aromatic carbocycles. The summed E-state index contributed by atoms with van der Waals surface area (Å²) < 4.78 is 16.1. The first kappa shape index (κ1) is 16.7. The van der Waals surface area contributed by atoms with Crippen LogP contribution in [-0.4, -0.2) is 68.9 Å². The molecular weight excluding hydrogens is 320 g/mol. The maximum Gasteiger partial charge on any atom is 0.253 e. The number of fused-ring (bicyclic) bond motifs is 1. The first-order valence-electron chi connectivity index (χ1n) is 8.98. The number of rotatable bonds is 3. The van der Waals surface area contributed by atoms with Gasteiger partial charge in [-0.2, -0.15) is 0 Å². The van der Waals surface area contributed by atoms with Crippen molar-refractivity contribution in [2.24, 2.45) is 5.41 Å². The molecule has 1 amide bonds. The number of benzene rings is 1. The summed E-state index contributed by atoms with van der Waals surface area (Å²) >= 11 is 0. The van der Waals surface area contributed by atoms with Crippen LogP contribution in [0.25, 0.3) is 0 Å². The van der Waals surface area contributed by atoms with Crippen LogP contribution in [0.5, 0.6) is 11.5 Å². The van der Waals surface area contributed by atoms with E-state index in [4.69, 9.17) is 14.2 Å². The standard InChI is InChI=1S/C19H26N2O4/c1-20-12-19(10-15(20)11-23-2)5-7-21(8-6-19)18(22)14-3-4-16-17(9-14)25-13-24-16/h3-4,9,15H,5-8,10-13H2,1-2H3. The minimum atomic E-state index is 0.0907. The van der Waals surface area contributed by atoms with E-state index in [0.717, 1.165) is 39.1 Å². The molecule has 6 heteroatoms. The maximum atomic E-state index is 12.8. The Morgan fingerprint density at radius 3 is 2.80 bits per heavy atom. The van der Waals surface area contributed by atoms with Crippen molar-refractivity contribution in [1.29, 1.82) is 0 Å². The average Bonchev–Trinajstić information content (AvgIpc) is 3.20. The summed E-state index contributed by atoms with van der Waals surface area (Å²) in [5.74, 6) is 1.47. The number of hydrogen-bond acceptors (Lipinski definition) is 5. The van der Waals surface area contributed by atoms with Crippen molar-refractivity contribution in [1.82, 2.24) is 9.80 Å². The van der Waals surface area contributed by atoms with Gasteiger partial charge in [0.05, 0.1) is 6.61 Å². The van der Waals surface area contributed by atoms with E-state index in [9.17, 15) is 4.79 Å². The second kappa shape index (κ2) is 6.50. The van der Waals surface area contributed by atoms with Crippen LogP contribution in [0.2, 0.25) is 0 Å². The number of piperidine rings is 1. The summed E-state index contributed by atoms with van der Waals surface area (Å²) in [5, 5.41) is 0. The Kier molecular flexibility index (Phi) is 4.33. The Bertz CT molecular complexity index is 655. The lowest BCUT2D eigenvalue weighted by atomic mass is 9.76. The zero-order valence-electron chi connectivity index (χ0n) is 15.0. The fourth-order valence-electron chi connectivity index (χ4n) is 4.52. The predicted molar refractivity (Wildman–Crippen MR) is 93.0 cm³/mol. The molecule has 2 fully saturated rings. The summed E-state index contributed by atoms with van der Waals surface area (Å²) in [6.07, 6.45) is 3.30. The van der Waals surface area contributed by atoms with Crippen LogP contribution in [0.4, 0.5) is 0 Å². The molecule has 0 radical (unpaired) electrons. The van der Waals surface area contributed by atoms with Gasteiger partial charge >= 0.3 is 0 Å². The van der Waals surface area contributed by atoms with Gasteiger partial charge in [-0.15, -0.1) is 0 Å². The number of likely N-dealkylation sites (tertiary alicyclic amines) is 2. The van der Waals surface area contributed by atoms with E-state index in [1.165, 1.54) is 6.42 Å². The van der Waals surface area contributed by atoms with Crippen molar-refractivity contribution in [2.45, 2.75) is 25.3 Å². The van der Waals surface area contributed by atoms with Gasteiger partial charge in [0.25, 0.3) is 5.91 Å². The zero-order valence-corrected chi connectivity index (χ0v) is 15.0. The largest absolute Gasteiger partial charge is 0.454 e. The van der Waals surface area contributed by atoms with Gasteiger partial charge in [0.15, 0.2) is 11.5 Å². The van der Waals surface area contributed by atoms with Crippen molar-refractivity contribution in [3.8, 4) is 11.5 Å². The molecule has 1 aromatic rings. The molecule has 3 heterocycles. The van der Waals surface area contributed by atoms with Gasteiger partial charge in [-0.05, 0) is 49.9 Å². The SMILES string of the molecule is COCC1CC2(CCN(C(=O)c3ccc4c(c3)OCO4)CC2)CN1C. The van der Waals surface area contributed by atoms with Gasteiger partial charge in [-0.1, -0.05) is 0 Å². The molecule has 0 saturated carbocycles. The Morgan fingerprint density at radius 2 is 2.04 bits per heavy atom. The van der Waals surface area contributed by atoms with Crippen LogP contribution in [0, 0.1) is 5.41 Å². The lowest BCUT2D eigenvalue weighted by Gasteiger charge is -2.39. The number of hydrogen-bond donors (Lipinski definition) is 0. The van der Waals surface area contributed by atoms with Crippen molar-refractivity contribution in [2.75, 3.05) is 47.2 Å². The first-order chi connectivity index (χ1) is 12.1. The average molecular weight is 346 g/mol. The molecule has 3 aliphatic rings. The highest BCUT2D eigenvalue weighted by molar-refractivity contribution is 5.95. The molecule has 0 N–H and O–H groups in total. The molecule has 0 bridgehead atoms. The zero-order chi connectivity index (χ0) is 17.4. The fraction of sp³-hybridized carbons (Fsp3) is 0.632. The number of carbonyl (C=O) groups excluding carboxylic acids is 1. The number of likely N-dealkylation sites (N-methyl/N-ethyl adjacent to an activating group) is 1. The number of amides is 1. The summed E-state index contributed by atoms with van der Waals surface area (Å²) in [6, 6.07) is 5.95. The van der Waals surface area contributed by atoms with E-state index in [1.54, 1.807) is 13.2 Å². The third-order valence-corrected chi connectivity index (χ3v) is 5.97. The minimum Gasteiger partial charge on any atom is -0.454 e. The molecule has 1 atom stereocenters. The van der Waals surface area contributed by atoms with Crippen LogP contribution >= 0.6 is 0 Å². The maximum absolute atomic E-state index is 12.8. The van der Waals surface area contributed by atoms with Gasteiger partial charge in [-0.25, -0.2) is 0 Å². The molecule has 1 unspecified atom stereocenters. The van der Waals surface area contributed by atoms with Crippen LogP contribution < -0.4 is 9.47 Å². The molecule has 25 heavy (non-hydrogen) atoms. The van der Waals surface area contributed by atoms with Crippen molar-refractivity contribution in [3.63, 3.8) is 0 Å². The molecule has 2 saturated heterocycles. The normalized spacial score (nSPS) is 24.9. The van der Waals surface area contributed by atoms with Gasteiger partial charge in [-0.3, -0.25) is 4.79 Å². The van der Waals surface area contributed by atoms with E-state index < -0.39 is 0 Å². The smallest absolute Gasteiger partial charge is 0.253 e. The number of nitrogens with zero attached hydrogens (tertiary/aromatic N) is 2. The minimum absolute atomic E-state index is 0.0907. The van der Waals surface area contributed by atoms with Crippen LogP contribution in [0.3, 0.4) is 0 Å². The summed E-state index contributed by atoms with van der Waals surface area (Å²) in [5.41, 5.74) is 1.02. The van der Waals surface area contributed by atoms with Crippen molar-refractivity contribution < 1.29 is 19.0 Å². The highest BCUT2D eigenvalue weighted by Gasteiger charge is 2.44. The predicted octanol–water partition coefficient (Wildman–Crippen LogP) is 1.99. The van der Waals surface area contributed by atoms with Gasteiger partial charge in [0.1, 0.15) is 0 Å². The molecule has 4 rings (SSSR count). The van der Waals surface area contributed by atoms with Gasteiger partial charge < -0.3 is 24.0 Å². The molecule has 6 nitrogen and oxygen atoms in total.